The van der Waals surface area contributed by atoms with Crippen LogP contribution in [0.25, 0.3) is 22.3 Å². The molecule has 1 fully saturated rings. The number of nitrogens with one attached hydrogen (secondary N) is 1. The maximum absolute atomic E-state index is 13.5. The largest absolute Gasteiger partial charge is 0.458 e. The van der Waals surface area contributed by atoms with Crippen LogP contribution in [0.1, 0.15) is 42.5 Å². The third-order valence-corrected chi connectivity index (χ3v) is 7.71. The van der Waals surface area contributed by atoms with Gasteiger partial charge in [0.2, 0.25) is 0 Å². The number of hydrogen-bond acceptors (Lipinski definition) is 10. The van der Waals surface area contributed by atoms with Crippen molar-refractivity contribution in [2.45, 2.75) is 45.4 Å². The van der Waals surface area contributed by atoms with E-state index in [1.807, 2.05) is 19.1 Å². The van der Waals surface area contributed by atoms with Gasteiger partial charge in [-0.3, -0.25) is 13.9 Å². The summed E-state index contributed by atoms with van der Waals surface area (Å²) in [5, 5.41) is 15.2. The highest BCUT2D eigenvalue weighted by atomic mass is 32.3. The third kappa shape index (κ3) is 5.36. The van der Waals surface area contributed by atoms with Crippen molar-refractivity contribution >= 4 is 33.4 Å². The summed E-state index contributed by atoms with van der Waals surface area (Å²) in [6, 6.07) is 7.09. The molecule has 1 atom stereocenters. The lowest BCUT2D eigenvalue weighted by Crippen LogP contribution is -2.47. The van der Waals surface area contributed by atoms with E-state index in [0.29, 0.717) is 59.8 Å². The molecular formula is C27H30N4O10S. The van der Waals surface area contributed by atoms with Gasteiger partial charge in [-0.1, -0.05) is 13.8 Å². The van der Waals surface area contributed by atoms with Gasteiger partial charge in [-0.25, -0.2) is 14.6 Å². The fraction of sp³-hybridized carbons (Fsp3) is 0.407. The molecule has 15 heteroatoms. The van der Waals surface area contributed by atoms with Gasteiger partial charge in [-0.05, 0) is 42.7 Å². The molecule has 1 aromatic carbocycles. The highest BCUT2D eigenvalue weighted by Gasteiger charge is 2.45. The third-order valence-electron chi connectivity index (χ3n) is 7.71. The predicted molar refractivity (Wildman–Crippen MR) is 149 cm³/mol. The van der Waals surface area contributed by atoms with Crippen molar-refractivity contribution in [1.29, 1.82) is 0 Å². The zero-order chi connectivity index (χ0) is 30.4. The van der Waals surface area contributed by atoms with Crippen LogP contribution >= 0.6 is 0 Å². The summed E-state index contributed by atoms with van der Waals surface area (Å²) < 4.78 is 44.1. The molecule has 4 N–H and O–H groups in total. The van der Waals surface area contributed by atoms with Crippen molar-refractivity contribution in [3.05, 3.63) is 56.9 Å². The number of aliphatic hydroxyl groups is 1. The number of nitrogens with zero attached hydrogens (tertiary/aromatic N) is 3. The minimum Gasteiger partial charge on any atom is -0.458 e. The smallest absolute Gasteiger partial charge is 0.415 e. The van der Waals surface area contributed by atoms with Gasteiger partial charge in [-0.2, -0.15) is 8.42 Å². The van der Waals surface area contributed by atoms with E-state index in [0.717, 1.165) is 29.6 Å². The first-order chi connectivity index (χ1) is 19.9. The van der Waals surface area contributed by atoms with E-state index in [1.165, 1.54) is 0 Å². The molecule has 0 saturated carbocycles. The van der Waals surface area contributed by atoms with Crippen molar-refractivity contribution in [3.8, 4) is 17.1 Å². The molecule has 0 bridgehead atoms. The molecule has 1 saturated heterocycles. The number of aromatic nitrogens is 2. The molecule has 6 rings (SSSR count). The zero-order valence-electron chi connectivity index (χ0n) is 22.9. The van der Waals surface area contributed by atoms with Crippen molar-refractivity contribution in [1.82, 2.24) is 19.8 Å². The van der Waals surface area contributed by atoms with E-state index in [-0.39, 0.29) is 24.7 Å². The Hall–Kier alpha value is -3.89. The molecule has 0 unspecified atom stereocenters. The fourth-order valence-corrected chi connectivity index (χ4v) is 5.62. The number of hydrogen-bond donors (Lipinski definition) is 4. The Balaban J connectivity index is 0.000000652. The molecule has 1 amide bonds. The number of amides is 1. The molecule has 0 radical (unpaired) electrons. The normalized spacial score (nSPS) is 19.3. The van der Waals surface area contributed by atoms with E-state index in [1.54, 1.807) is 28.5 Å². The number of ether oxygens (including phenoxy) is 2. The Morgan fingerprint density at radius 1 is 1.14 bits per heavy atom. The van der Waals surface area contributed by atoms with Gasteiger partial charge < -0.3 is 29.4 Å². The van der Waals surface area contributed by atoms with Crippen LogP contribution in [0.3, 0.4) is 0 Å². The van der Waals surface area contributed by atoms with Crippen molar-refractivity contribution in [2.24, 2.45) is 0 Å². The molecule has 5 heterocycles. The molecule has 42 heavy (non-hydrogen) atoms. The summed E-state index contributed by atoms with van der Waals surface area (Å²) in [6.45, 7) is 6.56. The average Bonchev–Trinajstić information content (AvgIpc) is 3.32. The molecule has 3 aromatic rings. The Morgan fingerprint density at radius 2 is 1.83 bits per heavy atom. The fourth-order valence-electron chi connectivity index (χ4n) is 5.62. The monoisotopic (exact) mass is 602 g/mol. The SMILES string of the molecule is CCc1c2c(nc3ccc(OC(=O)N4CCNCC4)cc13)-c1cc3c(c(=O)n1C2)COC(=O)[C@]3(O)CC.O=S(=O)(O)O. The summed E-state index contributed by atoms with van der Waals surface area (Å²) in [7, 11) is -4.67. The van der Waals surface area contributed by atoms with Gasteiger partial charge in [0.25, 0.3) is 5.56 Å². The maximum atomic E-state index is 13.5. The number of carbonyl (C=O) groups excluding carboxylic acids is 2. The Bertz CT molecular complexity index is 1760. The standard InChI is InChI=1S/C27H28N4O6.H2O4S/c1-3-16-17-11-15(37-26(34)30-9-7-28-8-10-30)5-6-21(17)29-23-18(16)13-31-22(23)12-20-19(24(31)32)14-36-25(33)27(20,35)4-2;1-5(2,3)4/h5-6,11-12,28,35H,3-4,7-10,13-14H2,1-2H3;(H2,1,2,3,4)/t27-;/m0./s1. The lowest BCUT2D eigenvalue weighted by atomic mass is 9.86. The summed E-state index contributed by atoms with van der Waals surface area (Å²) in [6.07, 6.45) is 0.396. The summed E-state index contributed by atoms with van der Waals surface area (Å²) >= 11 is 0. The van der Waals surface area contributed by atoms with Crippen LogP contribution in [0, 0.1) is 0 Å². The second kappa shape index (κ2) is 11.1. The van der Waals surface area contributed by atoms with Crippen LogP contribution in [-0.4, -0.2) is 75.3 Å². The highest BCUT2D eigenvalue weighted by molar-refractivity contribution is 7.79. The quantitative estimate of drug-likeness (QED) is 0.194. The van der Waals surface area contributed by atoms with Crippen LogP contribution < -0.4 is 15.6 Å². The van der Waals surface area contributed by atoms with Crippen LogP contribution in [0.2, 0.25) is 0 Å². The maximum Gasteiger partial charge on any atom is 0.415 e. The zero-order valence-corrected chi connectivity index (χ0v) is 23.7. The van der Waals surface area contributed by atoms with Gasteiger partial charge in [0, 0.05) is 42.7 Å². The molecular weight excluding hydrogens is 572 g/mol. The minimum atomic E-state index is -4.67. The van der Waals surface area contributed by atoms with Gasteiger partial charge in [-0.15, -0.1) is 0 Å². The minimum absolute atomic E-state index is 0.0926. The Morgan fingerprint density at radius 3 is 2.48 bits per heavy atom. The number of piperazine rings is 1. The molecule has 2 aromatic heterocycles. The second-order valence-electron chi connectivity index (χ2n) is 10.1. The molecule has 0 aliphatic carbocycles. The molecule has 14 nitrogen and oxygen atoms in total. The van der Waals surface area contributed by atoms with Gasteiger partial charge in [0.05, 0.1) is 29.0 Å². The number of benzene rings is 1. The van der Waals surface area contributed by atoms with Crippen molar-refractivity contribution < 1.29 is 41.7 Å². The van der Waals surface area contributed by atoms with Crippen LogP contribution in [0.4, 0.5) is 4.79 Å². The van der Waals surface area contributed by atoms with Crippen LogP contribution in [0.5, 0.6) is 5.75 Å². The summed E-state index contributed by atoms with van der Waals surface area (Å²) in [5.41, 5.74) is 2.31. The van der Waals surface area contributed by atoms with E-state index in [9.17, 15) is 19.5 Å². The summed E-state index contributed by atoms with van der Waals surface area (Å²) in [4.78, 5) is 45.1. The number of fused-ring (bicyclic) bond motifs is 5. The summed E-state index contributed by atoms with van der Waals surface area (Å²) in [5.74, 6) is -0.298. The predicted octanol–water partition coefficient (Wildman–Crippen LogP) is 1.39. The number of carbonyl (C=O) groups is 2. The van der Waals surface area contributed by atoms with E-state index >= 15 is 0 Å². The molecule has 3 aliphatic rings. The number of pyridine rings is 2. The highest BCUT2D eigenvalue weighted by Crippen LogP contribution is 2.40. The number of esters is 1. The molecule has 3 aliphatic heterocycles. The van der Waals surface area contributed by atoms with E-state index < -0.39 is 22.0 Å². The van der Waals surface area contributed by atoms with Gasteiger partial charge >= 0.3 is 22.5 Å². The first-order valence-corrected chi connectivity index (χ1v) is 14.8. The van der Waals surface area contributed by atoms with Crippen molar-refractivity contribution in [3.63, 3.8) is 0 Å². The van der Waals surface area contributed by atoms with E-state index in [2.05, 4.69) is 5.32 Å². The average molecular weight is 603 g/mol. The second-order valence-corrected chi connectivity index (χ2v) is 11.0. The number of rotatable bonds is 3. The Labute approximate surface area is 240 Å². The lowest BCUT2D eigenvalue weighted by molar-refractivity contribution is -0.172. The Kier molecular flexibility index (Phi) is 7.80. The number of cyclic esters (lactones) is 1. The van der Waals surface area contributed by atoms with Crippen LogP contribution in [0.15, 0.2) is 29.1 Å². The first-order valence-electron chi connectivity index (χ1n) is 13.4. The lowest BCUT2D eigenvalue weighted by Gasteiger charge is -2.31. The van der Waals surface area contributed by atoms with Crippen LogP contribution in [-0.2, 0) is 45.1 Å². The van der Waals surface area contributed by atoms with E-state index in [4.69, 9.17) is 32.0 Å². The number of aryl methyl sites for hydroxylation is 1. The van der Waals surface area contributed by atoms with Gasteiger partial charge in [0.1, 0.15) is 12.4 Å². The molecule has 0 spiro atoms. The first kappa shape index (κ1) is 29.6. The topological polar surface area (TPSA) is 198 Å². The molecule has 224 valence electrons. The van der Waals surface area contributed by atoms with Crippen molar-refractivity contribution in [2.75, 3.05) is 26.2 Å². The van der Waals surface area contributed by atoms with Gasteiger partial charge in [0.15, 0.2) is 5.60 Å².